The van der Waals surface area contributed by atoms with Gasteiger partial charge in [-0.3, -0.25) is 4.79 Å². The van der Waals surface area contributed by atoms with Crippen LogP contribution in [0.5, 0.6) is 11.5 Å². The van der Waals surface area contributed by atoms with E-state index in [9.17, 15) is 14.7 Å². The summed E-state index contributed by atoms with van der Waals surface area (Å²) >= 11 is 0. The zero-order valence-corrected chi connectivity index (χ0v) is 12.3. The lowest BCUT2D eigenvalue weighted by Gasteiger charge is -2.27. The first-order chi connectivity index (χ1) is 9.99. The predicted octanol–water partition coefficient (Wildman–Crippen LogP) is 1.78. The quantitative estimate of drug-likeness (QED) is 0.865. The summed E-state index contributed by atoms with van der Waals surface area (Å²) < 4.78 is 10.3. The van der Waals surface area contributed by atoms with Gasteiger partial charge in [-0.2, -0.15) is 0 Å². The van der Waals surface area contributed by atoms with E-state index in [-0.39, 0.29) is 11.9 Å². The molecular formula is C15H19NO5. The van der Waals surface area contributed by atoms with E-state index in [1.165, 1.54) is 26.0 Å². The number of ether oxygens (including phenoxy) is 2. The first-order valence-corrected chi connectivity index (χ1v) is 6.77. The Morgan fingerprint density at radius 1 is 1.29 bits per heavy atom. The van der Waals surface area contributed by atoms with Crippen LogP contribution < -0.4 is 9.47 Å². The molecule has 1 amide bonds. The Bertz CT molecular complexity index is 553. The number of carboxylic acid groups (broad SMARTS) is 1. The Labute approximate surface area is 123 Å². The maximum absolute atomic E-state index is 12.7. The minimum atomic E-state index is -1.01. The summed E-state index contributed by atoms with van der Waals surface area (Å²) in [6.07, 6.45) is 1.67. The zero-order valence-electron chi connectivity index (χ0n) is 12.3. The summed E-state index contributed by atoms with van der Waals surface area (Å²) in [5.41, 5.74) is 0.346. The highest BCUT2D eigenvalue weighted by molar-refractivity contribution is 5.99. The van der Waals surface area contributed by atoms with E-state index >= 15 is 0 Å². The molecule has 1 fully saturated rings. The summed E-state index contributed by atoms with van der Waals surface area (Å²) in [5.74, 6) is -0.384. The van der Waals surface area contributed by atoms with Crippen LogP contribution in [0, 0.1) is 0 Å². The van der Waals surface area contributed by atoms with Gasteiger partial charge in [0.25, 0.3) is 5.91 Å². The predicted molar refractivity (Wildman–Crippen MR) is 75.8 cm³/mol. The smallest absolute Gasteiger partial charge is 0.326 e. The van der Waals surface area contributed by atoms with Gasteiger partial charge in [-0.15, -0.1) is 0 Å². The highest BCUT2D eigenvalue weighted by Gasteiger charge is 2.39. The van der Waals surface area contributed by atoms with Crippen molar-refractivity contribution in [1.29, 1.82) is 0 Å². The molecule has 6 nitrogen and oxygen atoms in total. The zero-order chi connectivity index (χ0) is 15.6. The minimum Gasteiger partial charge on any atom is -0.497 e. The summed E-state index contributed by atoms with van der Waals surface area (Å²) in [6, 6.07) is 4.01. The number of amides is 1. The van der Waals surface area contributed by atoms with Crippen molar-refractivity contribution < 1.29 is 24.2 Å². The Morgan fingerprint density at radius 3 is 2.43 bits per heavy atom. The lowest BCUT2D eigenvalue weighted by Crippen LogP contribution is -2.44. The van der Waals surface area contributed by atoms with Crippen molar-refractivity contribution >= 4 is 11.9 Å². The van der Waals surface area contributed by atoms with Gasteiger partial charge in [-0.05, 0) is 31.9 Å². The normalized spacial score (nSPS) is 15.2. The van der Waals surface area contributed by atoms with Gasteiger partial charge in [0.1, 0.15) is 17.5 Å². The molecule has 21 heavy (non-hydrogen) atoms. The molecular weight excluding hydrogens is 274 g/mol. The summed E-state index contributed by atoms with van der Waals surface area (Å²) in [6.45, 7) is 1.52. The van der Waals surface area contributed by atoms with E-state index in [4.69, 9.17) is 9.47 Å². The molecule has 0 aromatic heterocycles. The Kier molecular flexibility index (Phi) is 4.35. The lowest BCUT2D eigenvalue weighted by atomic mass is 10.1. The average molecular weight is 293 g/mol. The van der Waals surface area contributed by atoms with Crippen molar-refractivity contribution in [2.45, 2.75) is 31.8 Å². The van der Waals surface area contributed by atoms with E-state index in [1.54, 1.807) is 18.2 Å². The van der Waals surface area contributed by atoms with Gasteiger partial charge in [0.15, 0.2) is 0 Å². The highest BCUT2D eigenvalue weighted by Crippen LogP contribution is 2.33. The third kappa shape index (κ3) is 3.09. The van der Waals surface area contributed by atoms with Crippen molar-refractivity contribution in [2.24, 2.45) is 0 Å². The first-order valence-electron chi connectivity index (χ1n) is 6.77. The van der Waals surface area contributed by atoms with Gasteiger partial charge >= 0.3 is 5.97 Å². The average Bonchev–Trinajstić information content (AvgIpc) is 3.31. The number of hydrogen-bond donors (Lipinski definition) is 1. The molecule has 1 saturated carbocycles. The minimum absolute atomic E-state index is 0.00425. The molecule has 1 N–H and O–H groups in total. The maximum atomic E-state index is 12.7. The second-order valence-corrected chi connectivity index (χ2v) is 5.02. The fraction of sp³-hybridized carbons (Fsp3) is 0.467. The van der Waals surface area contributed by atoms with Crippen LogP contribution in [0.15, 0.2) is 18.2 Å². The molecule has 0 heterocycles. The van der Waals surface area contributed by atoms with Crippen molar-refractivity contribution in [1.82, 2.24) is 4.90 Å². The molecule has 6 heteroatoms. The van der Waals surface area contributed by atoms with Gasteiger partial charge in [0.2, 0.25) is 0 Å². The van der Waals surface area contributed by atoms with Crippen molar-refractivity contribution in [2.75, 3.05) is 14.2 Å². The number of methoxy groups -OCH3 is 2. The van der Waals surface area contributed by atoms with Crippen molar-refractivity contribution in [3.05, 3.63) is 23.8 Å². The third-order valence-electron chi connectivity index (χ3n) is 3.59. The van der Waals surface area contributed by atoms with E-state index < -0.39 is 12.0 Å². The summed E-state index contributed by atoms with van der Waals surface area (Å²) in [4.78, 5) is 25.3. The molecule has 0 bridgehead atoms. The molecule has 1 aliphatic carbocycles. The maximum Gasteiger partial charge on any atom is 0.326 e. The number of aliphatic carboxylic acids is 1. The van der Waals surface area contributed by atoms with Gasteiger partial charge in [0, 0.05) is 12.1 Å². The van der Waals surface area contributed by atoms with Gasteiger partial charge < -0.3 is 19.5 Å². The molecule has 1 aliphatic rings. The van der Waals surface area contributed by atoms with Crippen LogP contribution in [0.4, 0.5) is 0 Å². The van der Waals surface area contributed by atoms with Crippen LogP contribution in [0.3, 0.4) is 0 Å². The Balaban J connectivity index is 2.34. The van der Waals surface area contributed by atoms with Crippen LogP contribution >= 0.6 is 0 Å². The fourth-order valence-corrected chi connectivity index (χ4v) is 2.24. The molecule has 1 unspecified atom stereocenters. The van der Waals surface area contributed by atoms with E-state index in [0.29, 0.717) is 17.1 Å². The summed E-state index contributed by atoms with van der Waals surface area (Å²) in [7, 11) is 2.99. The number of hydrogen-bond acceptors (Lipinski definition) is 4. The standard InChI is InChI=1S/C15H19NO5/c1-9(15(18)19)16(10-4-5-10)14(17)12-7-6-11(20-2)8-13(12)21-3/h6-10H,4-5H2,1-3H3,(H,18,19). The number of carboxylic acids is 1. The highest BCUT2D eigenvalue weighted by atomic mass is 16.5. The van der Waals surface area contributed by atoms with Crippen LogP contribution in [0.1, 0.15) is 30.1 Å². The van der Waals surface area contributed by atoms with E-state index in [1.807, 2.05) is 0 Å². The molecule has 1 aromatic rings. The molecule has 0 spiro atoms. The fourth-order valence-electron chi connectivity index (χ4n) is 2.24. The van der Waals surface area contributed by atoms with Crippen LogP contribution in [0.2, 0.25) is 0 Å². The van der Waals surface area contributed by atoms with Crippen LogP contribution in [0.25, 0.3) is 0 Å². The Hall–Kier alpha value is -2.24. The number of carbonyl (C=O) groups excluding carboxylic acids is 1. The molecule has 114 valence electrons. The molecule has 0 radical (unpaired) electrons. The molecule has 1 aromatic carbocycles. The van der Waals surface area contributed by atoms with Gasteiger partial charge in [-0.25, -0.2) is 4.79 Å². The molecule has 0 saturated heterocycles. The Morgan fingerprint density at radius 2 is 1.95 bits per heavy atom. The van der Waals surface area contributed by atoms with Crippen molar-refractivity contribution in [3.63, 3.8) is 0 Å². The summed E-state index contributed by atoms with van der Waals surface area (Å²) in [5, 5.41) is 9.19. The van der Waals surface area contributed by atoms with E-state index in [0.717, 1.165) is 12.8 Å². The van der Waals surface area contributed by atoms with Gasteiger partial charge in [0.05, 0.1) is 19.8 Å². The second-order valence-electron chi connectivity index (χ2n) is 5.02. The second kappa shape index (κ2) is 6.03. The number of rotatable bonds is 6. The number of benzene rings is 1. The molecule has 0 aliphatic heterocycles. The first kappa shape index (κ1) is 15.2. The molecule has 1 atom stereocenters. The molecule has 2 rings (SSSR count). The van der Waals surface area contributed by atoms with Crippen LogP contribution in [-0.2, 0) is 4.79 Å². The lowest BCUT2D eigenvalue weighted by molar-refractivity contribution is -0.141. The van der Waals surface area contributed by atoms with Gasteiger partial charge in [-0.1, -0.05) is 0 Å². The number of carbonyl (C=O) groups is 2. The topological polar surface area (TPSA) is 76.1 Å². The number of nitrogens with zero attached hydrogens (tertiary/aromatic N) is 1. The monoisotopic (exact) mass is 293 g/mol. The van der Waals surface area contributed by atoms with Crippen molar-refractivity contribution in [3.8, 4) is 11.5 Å². The van der Waals surface area contributed by atoms with Crippen LogP contribution in [-0.4, -0.2) is 48.2 Å². The third-order valence-corrected chi connectivity index (χ3v) is 3.59. The van der Waals surface area contributed by atoms with E-state index in [2.05, 4.69) is 0 Å². The largest absolute Gasteiger partial charge is 0.497 e. The SMILES string of the molecule is COc1ccc(C(=O)N(C2CC2)C(C)C(=O)O)c(OC)c1.